The van der Waals surface area contributed by atoms with Crippen molar-refractivity contribution in [3.05, 3.63) is 93.7 Å². The lowest BCUT2D eigenvalue weighted by Crippen LogP contribution is -2.06. The van der Waals surface area contributed by atoms with Crippen molar-refractivity contribution >= 4 is 40.2 Å². The topological polar surface area (TPSA) is 44.1 Å². The predicted octanol–water partition coefficient (Wildman–Crippen LogP) is 5.71. The number of carbonyl (C=O) groups is 1. The van der Waals surface area contributed by atoms with Crippen LogP contribution >= 0.6 is 23.2 Å². The number of benzene rings is 2. The number of aromatic nitrogens is 2. The third-order valence-corrected chi connectivity index (χ3v) is 5.39. The second-order valence-electron chi connectivity index (χ2n) is 6.28. The summed E-state index contributed by atoms with van der Waals surface area (Å²) >= 11 is 13.0. The molecule has 28 heavy (non-hydrogen) atoms. The van der Waals surface area contributed by atoms with Crippen LogP contribution in [-0.4, -0.2) is 22.6 Å². The molecule has 0 aliphatic carbocycles. The maximum absolute atomic E-state index is 12.0. The molecule has 4 aromatic rings. The van der Waals surface area contributed by atoms with Crippen molar-refractivity contribution in [1.82, 2.24) is 9.55 Å². The number of methoxy groups -OCH3 is 1. The van der Waals surface area contributed by atoms with Crippen molar-refractivity contribution in [2.75, 3.05) is 7.11 Å². The minimum absolute atomic E-state index is 0.295. The zero-order valence-corrected chi connectivity index (χ0v) is 16.5. The van der Waals surface area contributed by atoms with E-state index in [1.54, 1.807) is 18.3 Å². The van der Waals surface area contributed by atoms with Gasteiger partial charge in [0.05, 0.1) is 17.7 Å². The van der Waals surface area contributed by atoms with E-state index in [0.29, 0.717) is 27.6 Å². The average molecular weight is 411 g/mol. The molecule has 0 N–H and O–H groups in total. The first-order valence-electron chi connectivity index (χ1n) is 8.66. The normalized spacial score (nSPS) is 11.0. The molecule has 0 aliphatic heterocycles. The summed E-state index contributed by atoms with van der Waals surface area (Å²) in [6, 6.07) is 19.2. The van der Waals surface area contributed by atoms with Crippen molar-refractivity contribution in [2.24, 2.45) is 0 Å². The summed E-state index contributed by atoms with van der Waals surface area (Å²) in [5.74, 6) is -0.492. The molecule has 4 nitrogen and oxygen atoms in total. The molecule has 0 saturated heterocycles. The van der Waals surface area contributed by atoms with Crippen LogP contribution in [0.4, 0.5) is 0 Å². The van der Waals surface area contributed by atoms with Crippen LogP contribution in [0.1, 0.15) is 21.6 Å². The van der Waals surface area contributed by atoms with Gasteiger partial charge in [0, 0.05) is 34.4 Å². The van der Waals surface area contributed by atoms with Crippen LogP contribution in [0.15, 0.2) is 66.9 Å². The predicted molar refractivity (Wildman–Crippen MR) is 112 cm³/mol. The fourth-order valence-corrected chi connectivity index (χ4v) is 3.87. The van der Waals surface area contributed by atoms with E-state index in [1.165, 1.54) is 7.11 Å². The first-order chi connectivity index (χ1) is 13.6. The fraction of sp³-hybridized carbons (Fsp3) is 0.0909. The molecule has 2 aromatic heterocycles. The van der Waals surface area contributed by atoms with Gasteiger partial charge in [-0.25, -0.2) is 9.78 Å². The highest BCUT2D eigenvalue weighted by Crippen LogP contribution is 2.33. The van der Waals surface area contributed by atoms with Crippen LogP contribution in [-0.2, 0) is 11.2 Å². The van der Waals surface area contributed by atoms with E-state index in [4.69, 9.17) is 27.9 Å². The Balaban J connectivity index is 1.89. The van der Waals surface area contributed by atoms with Gasteiger partial charge in [0.15, 0.2) is 0 Å². The average Bonchev–Trinajstić information content (AvgIpc) is 3.09. The van der Waals surface area contributed by atoms with Crippen LogP contribution in [0.2, 0.25) is 10.0 Å². The summed E-state index contributed by atoms with van der Waals surface area (Å²) in [6.45, 7) is 0. The Morgan fingerprint density at radius 2 is 1.86 bits per heavy atom. The lowest BCUT2D eigenvalue weighted by Gasteiger charge is -2.14. The van der Waals surface area contributed by atoms with Gasteiger partial charge in [-0.05, 0) is 48.0 Å². The zero-order valence-electron chi connectivity index (χ0n) is 15.0. The minimum Gasteiger partial charge on any atom is -0.465 e. The van der Waals surface area contributed by atoms with Gasteiger partial charge < -0.3 is 4.74 Å². The Morgan fingerprint density at radius 1 is 1.07 bits per heavy atom. The molecule has 0 bridgehead atoms. The SMILES string of the molecule is COC(=O)c1ccc(Cl)c(Cc2cc3cccnc3n2-c2ccccc2)c1Cl. The largest absolute Gasteiger partial charge is 0.465 e. The Kier molecular flexibility index (Phi) is 5.07. The molecule has 4 rings (SSSR count). The Morgan fingerprint density at radius 3 is 2.61 bits per heavy atom. The number of halogens is 2. The van der Waals surface area contributed by atoms with Gasteiger partial charge in [0.25, 0.3) is 0 Å². The molecule has 2 aromatic carbocycles. The third kappa shape index (κ3) is 3.26. The second-order valence-corrected chi connectivity index (χ2v) is 7.06. The smallest absolute Gasteiger partial charge is 0.339 e. The van der Waals surface area contributed by atoms with Gasteiger partial charge in [-0.2, -0.15) is 0 Å². The maximum atomic E-state index is 12.0. The van der Waals surface area contributed by atoms with Crippen molar-refractivity contribution in [2.45, 2.75) is 6.42 Å². The van der Waals surface area contributed by atoms with E-state index in [2.05, 4.69) is 15.6 Å². The minimum atomic E-state index is -0.492. The van der Waals surface area contributed by atoms with Crippen LogP contribution in [0.5, 0.6) is 0 Å². The van der Waals surface area contributed by atoms with E-state index in [0.717, 1.165) is 22.4 Å². The Bertz CT molecular complexity index is 1170. The number of pyridine rings is 1. The van der Waals surface area contributed by atoms with Gasteiger partial charge in [0.1, 0.15) is 5.65 Å². The molecule has 2 heterocycles. The quantitative estimate of drug-likeness (QED) is 0.404. The first-order valence-corrected chi connectivity index (χ1v) is 9.41. The molecule has 0 aliphatic rings. The van der Waals surface area contributed by atoms with Gasteiger partial charge in [-0.15, -0.1) is 0 Å². The van der Waals surface area contributed by atoms with Gasteiger partial charge in [-0.3, -0.25) is 4.57 Å². The van der Waals surface area contributed by atoms with E-state index >= 15 is 0 Å². The summed E-state index contributed by atoms with van der Waals surface area (Å²) in [5.41, 5.74) is 3.77. The molecule has 140 valence electrons. The standard InChI is InChI=1S/C22H16Cl2N2O2/c1-28-22(27)17-9-10-19(23)18(20(17)24)13-16-12-14-6-5-11-25-21(14)26(16)15-7-3-2-4-8-15/h2-12H,13H2,1H3. The van der Waals surface area contributed by atoms with Crippen molar-refractivity contribution in [1.29, 1.82) is 0 Å². The molecule has 6 heteroatoms. The zero-order chi connectivity index (χ0) is 19.7. The number of nitrogens with zero attached hydrogens (tertiary/aromatic N) is 2. The third-order valence-electron chi connectivity index (χ3n) is 4.60. The molecule has 0 fully saturated rings. The Labute approximate surface area is 172 Å². The summed E-state index contributed by atoms with van der Waals surface area (Å²) in [6.07, 6.45) is 2.21. The molecule has 0 saturated carbocycles. The molecule has 0 atom stereocenters. The number of ether oxygens (including phenoxy) is 1. The number of para-hydroxylation sites is 1. The summed E-state index contributed by atoms with van der Waals surface area (Å²) in [5, 5.41) is 1.81. The molecular formula is C22H16Cl2N2O2. The van der Waals surface area contributed by atoms with Crippen LogP contribution < -0.4 is 0 Å². The van der Waals surface area contributed by atoms with Crippen molar-refractivity contribution < 1.29 is 9.53 Å². The number of fused-ring (bicyclic) bond motifs is 1. The fourth-order valence-electron chi connectivity index (χ4n) is 3.29. The lowest BCUT2D eigenvalue weighted by atomic mass is 10.1. The van der Waals surface area contributed by atoms with E-state index < -0.39 is 5.97 Å². The highest BCUT2D eigenvalue weighted by Gasteiger charge is 2.19. The lowest BCUT2D eigenvalue weighted by molar-refractivity contribution is 0.0601. The van der Waals surface area contributed by atoms with Crippen LogP contribution in [0.25, 0.3) is 16.7 Å². The number of hydrogen-bond acceptors (Lipinski definition) is 3. The number of rotatable bonds is 4. The maximum Gasteiger partial charge on any atom is 0.339 e. The van der Waals surface area contributed by atoms with Crippen LogP contribution in [0.3, 0.4) is 0 Å². The van der Waals surface area contributed by atoms with E-state index in [-0.39, 0.29) is 0 Å². The number of hydrogen-bond donors (Lipinski definition) is 0. The van der Waals surface area contributed by atoms with Crippen molar-refractivity contribution in [3.63, 3.8) is 0 Å². The summed E-state index contributed by atoms with van der Waals surface area (Å²) in [7, 11) is 1.33. The number of esters is 1. The highest BCUT2D eigenvalue weighted by molar-refractivity contribution is 6.38. The van der Waals surface area contributed by atoms with Gasteiger partial charge in [-0.1, -0.05) is 41.4 Å². The van der Waals surface area contributed by atoms with E-state index in [9.17, 15) is 4.79 Å². The number of carbonyl (C=O) groups excluding carboxylic acids is 1. The first kappa shape index (κ1) is 18.5. The van der Waals surface area contributed by atoms with Crippen LogP contribution in [0, 0.1) is 0 Å². The van der Waals surface area contributed by atoms with Gasteiger partial charge >= 0.3 is 5.97 Å². The molecule has 0 unspecified atom stereocenters. The monoisotopic (exact) mass is 410 g/mol. The van der Waals surface area contributed by atoms with Gasteiger partial charge in [0.2, 0.25) is 0 Å². The molecule has 0 amide bonds. The second kappa shape index (κ2) is 7.66. The highest BCUT2D eigenvalue weighted by atomic mass is 35.5. The summed E-state index contributed by atoms with van der Waals surface area (Å²) in [4.78, 5) is 16.6. The summed E-state index contributed by atoms with van der Waals surface area (Å²) < 4.78 is 6.90. The van der Waals surface area contributed by atoms with E-state index in [1.807, 2.05) is 42.5 Å². The molecule has 0 spiro atoms. The van der Waals surface area contributed by atoms with Crippen molar-refractivity contribution in [3.8, 4) is 5.69 Å². The molecular weight excluding hydrogens is 395 g/mol. The molecule has 0 radical (unpaired) electrons. The Hall–Kier alpha value is -2.82.